The van der Waals surface area contributed by atoms with Crippen molar-refractivity contribution < 1.29 is 4.79 Å². The molecule has 1 rings (SSSR count). The van der Waals surface area contributed by atoms with Crippen LogP contribution >= 0.6 is 11.3 Å². The first-order chi connectivity index (χ1) is 9.49. The van der Waals surface area contributed by atoms with E-state index in [1.54, 1.807) is 11.3 Å². The van der Waals surface area contributed by atoms with Crippen LogP contribution in [0.5, 0.6) is 0 Å². The van der Waals surface area contributed by atoms with Gasteiger partial charge in [0.1, 0.15) is 0 Å². The Balaban J connectivity index is 2.49. The number of nitrogens with two attached hydrogens (primary N) is 1. The Morgan fingerprint density at radius 3 is 2.50 bits per heavy atom. The number of carbonyl (C=O) groups is 1. The lowest BCUT2D eigenvalue weighted by Gasteiger charge is -2.31. The first kappa shape index (κ1) is 17.1. The van der Waals surface area contributed by atoms with Crippen LogP contribution in [0, 0.1) is 5.92 Å². The Morgan fingerprint density at radius 1 is 1.40 bits per heavy atom. The molecule has 1 aromatic rings. The number of nitrogens with zero attached hydrogens (tertiary/aromatic N) is 1. The van der Waals surface area contributed by atoms with Crippen molar-refractivity contribution in [2.75, 3.05) is 20.6 Å². The molecule has 0 fully saturated rings. The SMILES string of the molecule is CCC(CC)C(CNCc1cc(C(N)=O)cs1)N(C)C. The third-order valence-corrected chi connectivity index (χ3v) is 4.78. The van der Waals surface area contributed by atoms with E-state index in [2.05, 4.69) is 38.2 Å². The minimum atomic E-state index is -0.351. The van der Waals surface area contributed by atoms with Gasteiger partial charge in [0.2, 0.25) is 5.91 Å². The van der Waals surface area contributed by atoms with Gasteiger partial charge in [-0.2, -0.15) is 0 Å². The van der Waals surface area contributed by atoms with Crippen LogP contribution in [0.1, 0.15) is 41.9 Å². The molecule has 0 spiro atoms. The molecule has 4 nitrogen and oxygen atoms in total. The van der Waals surface area contributed by atoms with Crippen LogP contribution in [0.4, 0.5) is 0 Å². The normalized spacial score (nSPS) is 13.1. The van der Waals surface area contributed by atoms with E-state index in [1.807, 2.05) is 11.4 Å². The maximum absolute atomic E-state index is 11.1. The van der Waals surface area contributed by atoms with Crippen molar-refractivity contribution in [3.8, 4) is 0 Å². The molecule has 0 aliphatic carbocycles. The van der Waals surface area contributed by atoms with Crippen LogP contribution in [0.25, 0.3) is 0 Å². The Kier molecular flexibility index (Phi) is 7.19. The quantitative estimate of drug-likeness (QED) is 0.735. The third-order valence-electron chi connectivity index (χ3n) is 3.85. The van der Waals surface area contributed by atoms with Gasteiger partial charge in [0.05, 0.1) is 5.56 Å². The molecule has 0 radical (unpaired) electrons. The molecule has 0 aliphatic rings. The van der Waals surface area contributed by atoms with Crippen molar-refractivity contribution in [2.24, 2.45) is 11.7 Å². The summed E-state index contributed by atoms with van der Waals surface area (Å²) in [5.41, 5.74) is 5.87. The zero-order valence-corrected chi connectivity index (χ0v) is 13.8. The average Bonchev–Trinajstić information content (AvgIpc) is 2.87. The van der Waals surface area contributed by atoms with Crippen molar-refractivity contribution in [1.29, 1.82) is 0 Å². The van der Waals surface area contributed by atoms with Crippen LogP contribution in [-0.4, -0.2) is 37.5 Å². The first-order valence-electron chi connectivity index (χ1n) is 7.23. The van der Waals surface area contributed by atoms with Gasteiger partial charge in [-0.15, -0.1) is 11.3 Å². The molecule has 3 N–H and O–H groups in total. The van der Waals surface area contributed by atoms with Gasteiger partial charge in [-0.25, -0.2) is 0 Å². The van der Waals surface area contributed by atoms with Gasteiger partial charge in [0.15, 0.2) is 0 Å². The van der Waals surface area contributed by atoms with Gasteiger partial charge in [-0.3, -0.25) is 4.79 Å². The lowest BCUT2D eigenvalue weighted by Crippen LogP contribution is -2.42. The van der Waals surface area contributed by atoms with Crippen LogP contribution < -0.4 is 11.1 Å². The molecule has 20 heavy (non-hydrogen) atoms. The first-order valence-corrected chi connectivity index (χ1v) is 8.11. The van der Waals surface area contributed by atoms with E-state index in [9.17, 15) is 4.79 Å². The fraction of sp³-hybridized carbons (Fsp3) is 0.667. The highest BCUT2D eigenvalue weighted by molar-refractivity contribution is 7.10. The topological polar surface area (TPSA) is 58.4 Å². The number of primary amides is 1. The number of amides is 1. The molecule has 1 heterocycles. The maximum Gasteiger partial charge on any atom is 0.249 e. The van der Waals surface area contributed by atoms with Gasteiger partial charge >= 0.3 is 0 Å². The summed E-state index contributed by atoms with van der Waals surface area (Å²) in [6, 6.07) is 2.42. The zero-order chi connectivity index (χ0) is 15.1. The van der Waals surface area contributed by atoms with Crippen LogP contribution in [0.2, 0.25) is 0 Å². The largest absolute Gasteiger partial charge is 0.366 e. The molecule has 5 heteroatoms. The van der Waals surface area contributed by atoms with Crippen molar-refractivity contribution in [3.63, 3.8) is 0 Å². The molecule has 0 aromatic carbocycles. The number of likely N-dealkylation sites (N-methyl/N-ethyl adjacent to an activating group) is 1. The highest BCUT2D eigenvalue weighted by atomic mass is 32.1. The minimum Gasteiger partial charge on any atom is -0.366 e. The molecule has 0 saturated carbocycles. The number of thiophene rings is 1. The molecule has 0 bridgehead atoms. The van der Waals surface area contributed by atoms with E-state index < -0.39 is 0 Å². The van der Waals surface area contributed by atoms with E-state index in [0.29, 0.717) is 17.5 Å². The van der Waals surface area contributed by atoms with E-state index in [1.165, 1.54) is 12.8 Å². The highest BCUT2D eigenvalue weighted by Crippen LogP contribution is 2.17. The Labute approximate surface area is 126 Å². The highest BCUT2D eigenvalue weighted by Gasteiger charge is 2.20. The minimum absolute atomic E-state index is 0.351. The standard InChI is InChI=1S/C15H27N3OS/c1-5-11(6-2)14(18(3)4)9-17-8-13-7-12(10-20-13)15(16)19/h7,10-11,14,17H,5-6,8-9H2,1-4H3,(H2,16,19). The van der Waals surface area contributed by atoms with Gasteiger partial charge in [0, 0.05) is 29.4 Å². The Bertz CT molecular complexity index is 413. The summed E-state index contributed by atoms with van der Waals surface area (Å²) in [7, 11) is 4.28. The average molecular weight is 297 g/mol. The monoisotopic (exact) mass is 297 g/mol. The van der Waals surface area contributed by atoms with Crippen LogP contribution in [0.3, 0.4) is 0 Å². The predicted octanol–water partition coefficient (Wildman–Crippen LogP) is 2.30. The fourth-order valence-electron chi connectivity index (χ4n) is 2.55. The summed E-state index contributed by atoms with van der Waals surface area (Å²) >= 11 is 1.58. The summed E-state index contributed by atoms with van der Waals surface area (Å²) in [6.07, 6.45) is 2.40. The zero-order valence-electron chi connectivity index (χ0n) is 13.0. The molecular weight excluding hydrogens is 270 g/mol. The second-order valence-electron chi connectivity index (χ2n) is 5.40. The number of hydrogen-bond donors (Lipinski definition) is 2. The second-order valence-corrected chi connectivity index (χ2v) is 6.40. The van der Waals surface area contributed by atoms with E-state index in [0.717, 1.165) is 18.0 Å². The molecule has 1 unspecified atom stereocenters. The van der Waals surface area contributed by atoms with E-state index >= 15 is 0 Å². The van der Waals surface area contributed by atoms with Gasteiger partial charge in [-0.1, -0.05) is 26.7 Å². The van der Waals surface area contributed by atoms with E-state index in [4.69, 9.17) is 5.73 Å². The number of hydrogen-bond acceptors (Lipinski definition) is 4. The maximum atomic E-state index is 11.1. The third kappa shape index (κ3) is 4.89. The van der Waals surface area contributed by atoms with Gasteiger partial charge in [-0.05, 0) is 26.1 Å². The summed E-state index contributed by atoms with van der Waals surface area (Å²) in [5, 5.41) is 5.32. The molecule has 1 amide bonds. The number of carbonyl (C=O) groups excluding carboxylic acids is 1. The van der Waals surface area contributed by atoms with Gasteiger partial charge < -0.3 is 16.0 Å². The number of nitrogens with one attached hydrogen (secondary N) is 1. The van der Waals surface area contributed by atoms with Crippen molar-refractivity contribution in [2.45, 2.75) is 39.3 Å². The summed E-state index contributed by atoms with van der Waals surface area (Å²) in [5.74, 6) is 0.359. The van der Waals surface area contributed by atoms with Crippen molar-refractivity contribution in [3.05, 3.63) is 21.9 Å². The fourth-order valence-corrected chi connectivity index (χ4v) is 3.39. The summed E-state index contributed by atoms with van der Waals surface area (Å²) in [4.78, 5) is 14.5. The Hall–Kier alpha value is -0.910. The van der Waals surface area contributed by atoms with Crippen LogP contribution in [0.15, 0.2) is 11.4 Å². The van der Waals surface area contributed by atoms with Crippen molar-refractivity contribution in [1.82, 2.24) is 10.2 Å². The molecule has 114 valence electrons. The molecule has 0 aliphatic heterocycles. The lowest BCUT2D eigenvalue weighted by atomic mass is 9.93. The number of rotatable bonds is 9. The summed E-state index contributed by atoms with van der Waals surface area (Å²) in [6.45, 7) is 6.26. The van der Waals surface area contributed by atoms with Gasteiger partial charge in [0.25, 0.3) is 0 Å². The lowest BCUT2D eigenvalue weighted by molar-refractivity contribution is 0.100. The summed E-state index contributed by atoms with van der Waals surface area (Å²) < 4.78 is 0. The van der Waals surface area contributed by atoms with Crippen molar-refractivity contribution >= 4 is 17.2 Å². The van der Waals surface area contributed by atoms with Crippen LogP contribution in [-0.2, 0) is 6.54 Å². The molecular formula is C15H27N3OS. The second kappa shape index (κ2) is 8.39. The molecule has 0 saturated heterocycles. The van der Waals surface area contributed by atoms with E-state index in [-0.39, 0.29) is 5.91 Å². The molecule has 1 aromatic heterocycles. The predicted molar refractivity (Wildman–Crippen MR) is 86.1 cm³/mol. The smallest absolute Gasteiger partial charge is 0.249 e. The molecule has 1 atom stereocenters. The Morgan fingerprint density at radius 2 is 2.05 bits per heavy atom.